The van der Waals surface area contributed by atoms with Crippen molar-refractivity contribution in [2.24, 2.45) is 0 Å². The highest BCUT2D eigenvalue weighted by Gasteiger charge is 2.16. The molecule has 1 aliphatic heterocycles. The molecule has 0 aromatic heterocycles. The fourth-order valence-electron chi connectivity index (χ4n) is 2.25. The van der Waals surface area contributed by atoms with E-state index in [1.54, 1.807) is 18.2 Å². The number of nitriles is 1. The molecular formula is C15H19N3O3. The molecule has 1 saturated heterocycles. The summed E-state index contributed by atoms with van der Waals surface area (Å²) >= 11 is 0. The van der Waals surface area contributed by atoms with Crippen molar-refractivity contribution in [3.8, 4) is 11.8 Å². The van der Waals surface area contributed by atoms with Crippen LogP contribution in [0.1, 0.15) is 18.4 Å². The van der Waals surface area contributed by atoms with Crippen molar-refractivity contribution in [2.75, 3.05) is 32.1 Å². The summed E-state index contributed by atoms with van der Waals surface area (Å²) in [5.41, 5.74) is 0.756. The van der Waals surface area contributed by atoms with E-state index in [2.05, 4.69) is 10.6 Å². The minimum Gasteiger partial charge on any atom is -0.495 e. The lowest BCUT2D eigenvalue weighted by molar-refractivity contribution is -0.123. The van der Waals surface area contributed by atoms with Crippen molar-refractivity contribution in [3.63, 3.8) is 0 Å². The van der Waals surface area contributed by atoms with Crippen molar-refractivity contribution in [2.45, 2.75) is 18.9 Å². The first-order valence-electron chi connectivity index (χ1n) is 6.94. The van der Waals surface area contributed by atoms with Crippen LogP contribution in [0, 0.1) is 11.3 Å². The summed E-state index contributed by atoms with van der Waals surface area (Å²) in [6.07, 6.45) is 1.93. The first kappa shape index (κ1) is 15.3. The molecule has 0 spiro atoms. The maximum absolute atomic E-state index is 12.0. The van der Waals surface area contributed by atoms with Gasteiger partial charge in [-0.25, -0.2) is 0 Å². The maximum atomic E-state index is 12.0. The van der Waals surface area contributed by atoms with Gasteiger partial charge < -0.3 is 20.1 Å². The molecule has 6 nitrogen and oxygen atoms in total. The van der Waals surface area contributed by atoms with Gasteiger partial charge in [0.2, 0.25) is 0 Å². The van der Waals surface area contributed by atoms with E-state index in [0.717, 1.165) is 25.9 Å². The van der Waals surface area contributed by atoms with Crippen molar-refractivity contribution in [1.29, 1.82) is 5.26 Å². The topological polar surface area (TPSA) is 83.4 Å². The minimum absolute atomic E-state index is 0.0203. The SMILES string of the molecule is COc1cccc(C#N)c1NC(=O)COC1CCNCC1. The average molecular weight is 289 g/mol. The van der Waals surface area contributed by atoms with Gasteiger partial charge in [0.25, 0.3) is 5.91 Å². The number of hydrogen-bond donors (Lipinski definition) is 2. The van der Waals surface area contributed by atoms with Crippen molar-refractivity contribution in [3.05, 3.63) is 23.8 Å². The lowest BCUT2D eigenvalue weighted by Gasteiger charge is -2.22. The highest BCUT2D eigenvalue weighted by atomic mass is 16.5. The Hall–Kier alpha value is -2.10. The summed E-state index contributed by atoms with van der Waals surface area (Å²) < 4.78 is 10.8. The third kappa shape index (κ3) is 4.18. The number of nitrogens with zero attached hydrogens (tertiary/aromatic N) is 1. The summed E-state index contributed by atoms with van der Waals surface area (Å²) in [5, 5.41) is 15.0. The standard InChI is InChI=1S/C15H19N3O3/c1-20-13-4-2-3-11(9-16)15(13)18-14(19)10-21-12-5-7-17-8-6-12/h2-4,12,17H,5-8,10H2,1H3,(H,18,19). The van der Waals surface area contributed by atoms with Crippen molar-refractivity contribution in [1.82, 2.24) is 5.32 Å². The largest absolute Gasteiger partial charge is 0.495 e. The Morgan fingerprint density at radius 3 is 2.90 bits per heavy atom. The number of hydrogen-bond acceptors (Lipinski definition) is 5. The molecule has 2 N–H and O–H groups in total. The first-order valence-corrected chi connectivity index (χ1v) is 6.94. The van der Waals surface area contributed by atoms with E-state index in [4.69, 9.17) is 14.7 Å². The van der Waals surface area contributed by atoms with E-state index < -0.39 is 0 Å². The molecule has 0 radical (unpaired) electrons. The van der Waals surface area contributed by atoms with Crippen LogP contribution in [0.3, 0.4) is 0 Å². The monoisotopic (exact) mass is 289 g/mol. The molecule has 1 aromatic rings. The van der Waals surface area contributed by atoms with Gasteiger partial charge in [0, 0.05) is 0 Å². The number of anilines is 1. The zero-order valence-electron chi connectivity index (χ0n) is 12.0. The molecule has 0 saturated carbocycles. The summed E-state index contributed by atoms with van der Waals surface area (Å²) in [5.74, 6) is 0.179. The van der Waals surface area contributed by atoms with Crippen LogP contribution in [0.4, 0.5) is 5.69 Å². The van der Waals surface area contributed by atoms with E-state index in [1.807, 2.05) is 6.07 Å². The zero-order valence-corrected chi connectivity index (χ0v) is 12.0. The third-order valence-corrected chi connectivity index (χ3v) is 3.37. The predicted molar refractivity (Wildman–Crippen MR) is 78.2 cm³/mol. The molecule has 2 rings (SSSR count). The van der Waals surface area contributed by atoms with E-state index in [0.29, 0.717) is 17.0 Å². The van der Waals surface area contributed by atoms with E-state index in [9.17, 15) is 4.79 Å². The van der Waals surface area contributed by atoms with Crippen molar-refractivity contribution < 1.29 is 14.3 Å². The number of para-hydroxylation sites is 1. The Morgan fingerprint density at radius 2 is 2.24 bits per heavy atom. The Labute approximate surface area is 124 Å². The second-order valence-corrected chi connectivity index (χ2v) is 4.80. The molecule has 1 heterocycles. The molecule has 0 bridgehead atoms. The summed E-state index contributed by atoms with van der Waals surface area (Å²) in [6, 6.07) is 7.07. The van der Waals surface area contributed by atoms with E-state index in [-0.39, 0.29) is 18.6 Å². The number of amides is 1. The van der Waals surface area contributed by atoms with Crippen LogP contribution in [0.2, 0.25) is 0 Å². The molecule has 0 atom stereocenters. The van der Waals surface area contributed by atoms with Gasteiger partial charge in [-0.05, 0) is 38.1 Å². The molecule has 0 aliphatic carbocycles. The lowest BCUT2D eigenvalue weighted by atomic mass is 10.1. The highest BCUT2D eigenvalue weighted by Crippen LogP contribution is 2.27. The van der Waals surface area contributed by atoms with Crippen LogP contribution in [0.25, 0.3) is 0 Å². The summed E-state index contributed by atoms with van der Waals surface area (Å²) in [4.78, 5) is 12.0. The molecule has 1 amide bonds. The highest BCUT2D eigenvalue weighted by molar-refractivity contribution is 5.94. The maximum Gasteiger partial charge on any atom is 0.250 e. The molecule has 112 valence electrons. The summed E-state index contributed by atoms with van der Waals surface area (Å²) in [7, 11) is 1.50. The zero-order chi connectivity index (χ0) is 15.1. The normalized spacial score (nSPS) is 15.2. The second kappa shape index (κ2) is 7.62. The van der Waals surface area contributed by atoms with Crippen LogP contribution in [0.5, 0.6) is 5.75 Å². The van der Waals surface area contributed by atoms with Gasteiger partial charge >= 0.3 is 0 Å². The molecule has 1 fully saturated rings. The quantitative estimate of drug-likeness (QED) is 0.853. The molecule has 1 aromatic carbocycles. The number of rotatable bonds is 5. The Kier molecular flexibility index (Phi) is 5.55. The fraction of sp³-hybridized carbons (Fsp3) is 0.467. The van der Waals surface area contributed by atoms with Crippen LogP contribution < -0.4 is 15.4 Å². The number of methoxy groups -OCH3 is 1. The van der Waals surface area contributed by atoms with Gasteiger partial charge in [0.05, 0.1) is 18.8 Å². The van der Waals surface area contributed by atoms with Gasteiger partial charge in [-0.3, -0.25) is 4.79 Å². The number of carbonyl (C=O) groups is 1. The number of nitrogens with one attached hydrogen (secondary N) is 2. The molecule has 1 aliphatic rings. The number of ether oxygens (including phenoxy) is 2. The molecule has 0 unspecified atom stereocenters. The van der Waals surface area contributed by atoms with Gasteiger partial charge in [-0.15, -0.1) is 0 Å². The first-order chi connectivity index (χ1) is 10.2. The Morgan fingerprint density at radius 1 is 1.48 bits per heavy atom. The van der Waals surface area contributed by atoms with E-state index in [1.165, 1.54) is 7.11 Å². The van der Waals surface area contributed by atoms with Gasteiger partial charge in [-0.2, -0.15) is 5.26 Å². The van der Waals surface area contributed by atoms with Crippen LogP contribution in [-0.4, -0.2) is 38.8 Å². The predicted octanol–water partition coefficient (Wildman–Crippen LogP) is 1.27. The van der Waals surface area contributed by atoms with Crippen LogP contribution >= 0.6 is 0 Å². The minimum atomic E-state index is -0.283. The Bertz CT molecular complexity index is 533. The Balaban J connectivity index is 1.94. The van der Waals surface area contributed by atoms with E-state index >= 15 is 0 Å². The van der Waals surface area contributed by atoms with Crippen LogP contribution in [-0.2, 0) is 9.53 Å². The second-order valence-electron chi connectivity index (χ2n) is 4.80. The number of carbonyl (C=O) groups excluding carboxylic acids is 1. The lowest BCUT2D eigenvalue weighted by Crippen LogP contribution is -2.34. The van der Waals surface area contributed by atoms with Gasteiger partial charge in [0.1, 0.15) is 24.1 Å². The average Bonchev–Trinajstić information content (AvgIpc) is 2.54. The fourth-order valence-corrected chi connectivity index (χ4v) is 2.25. The van der Waals surface area contributed by atoms with Crippen LogP contribution in [0.15, 0.2) is 18.2 Å². The summed E-state index contributed by atoms with van der Waals surface area (Å²) in [6.45, 7) is 1.81. The third-order valence-electron chi connectivity index (χ3n) is 3.37. The van der Waals surface area contributed by atoms with Gasteiger partial charge in [-0.1, -0.05) is 6.07 Å². The number of benzene rings is 1. The number of piperidine rings is 1. The van der Waals surface area contributed by atoms with Gasteiger partial charge in [0.15, 0.2) is 0 Å². The molecular weight excluding hydrogens is 270 g/mol. The smallest absolute Gasteiger partial charge is 0.250 e. The molecule has 6 heteroatoms. The van der Waals surface area contributed by atoms with Crippen molar-refractivity contribution >= 4 is 11.6 Å². The molecule has 21 heavy (non-hydrogen) atoms.